The Morgan fingerprint density at radius 2 is 0.864 bits per heavy atom. The van der Waals surface area contributed by atoms with Gasteiger partial charge in [-0.3, -0.25) is 9.59 Å². The molecule has 22 heavy (non-hydrogen) atoms. The summed E-state index contributed by atoms with van der Waals surface area (Å²) >= 11 is 12.8. The summed E-state index contributed by atoms with van der Waals surface area (Å²) in [6.07, 6.45) is 0. The van der Waals surface area contributed by atoms with E-state index in [1.807, 2.05) is 24.3 Å². The molecule has 0 unspecified atom stereocenters. The van der Waals surface area contributed by atoms with E-state index in [1.54, 1.807) is 24.3 Å². The molecule has 0 bridgehead atoms. The van der Waals surface area contributed by atoms with Crippen molar-refractivity contribution in [3.8, 4) is 11.1 Å². The summed E-state index contributed by atoms with van der Waals surface area (Å²) in [4.78, 5) is 23.7. The Bertz CT molecular complexity index is 615. The molecule has 114 valence electrons. The van der Waals surface area contributed by atoms with Gasteiger partial charge in [0.25, 0.3) is 0 Å². The van der Waals surface area contributed by atoms with E-state index in [2.05, 4.69) is 63.7 Å². The van der Waals surface area contributed by atoms with E-state index in [4.69, 9.17) is 0 Å². The van der Waals surface area contributed by atoms with Gasteiger partial charge in [0.2, 0.25) is 0 Å². The van der Waals surface area contributed by atoms with E-state index in [0.717, 1.165) is 11.1 Å². The molecule has 0 N–H and O–H groups in total. The van der Waals surface area contributed by atoms with Gasteiger partial charge in [0.15, 0.2) is 11.6 Å². The Morgan fingerprint density at radius 3 is 1.09 bits per heavy atom. The molecule has 0 radical (unpaired) electrons. The molecule has 6 heteroatoms. The predicted octanol–water partition coefficient (Wildman–Crippen LogP) is 5.95. The zero-order chi connectivity index (χ0) is 16.3. The minimum absolute atomic E-state index is 0.0202. The van der Waals surface area contributed by atoms with E-state index < -0.39 is 0 Å². The first-order chi connectivity index (χ1) is 10.4. The van der Waals surface area contributed by atoms with E-state index in [1.165, 1.54) is 0 Å². The number of benzene rings is 2. The minimum atomic E-state index is -0.377. The summed E-state index contributed by atoms with van der Waals surface area (Å²) in [5.74, 6) is -0.0404. The second-order valence-electron chi connectivity index (χ2n) is 4.48. The molecule has 2 rings (SSSR count). The van der Waals surface area contributed by atoms with Crippen LogP contribution < -0.4 is 0 Å². The summed E-state index contributed by atoms with van der Waals surface area (Å²) in [6.45, 7) is 0. The molecule has 0 aliphatic carbocycles. The first-order valence-electron chi connectivity index (χ1n) is 6.25. The van der Waals surface area contributed by atoms with Crippen LogP contribution in [0.15, 0.2) is 48.5 Å². The van der Waals surface area contributed by atoms with Crippen molar-refractivity contribution in [2.45, 2.75) is 7.47 Å². The lowest BCUT2D eigenvalue weighted by atomic mass is 10.0. The summed E-state index contributed by atoms with van der Waals surface area (Å²) in [5, 5.41) is 0. The Kier molecular flexibility index (Phi) is 6.56. The topological polar surface area (TPSA) is 34.1 Å². The normalized spacial score (nSPS) is 11.0. The van der Waals surface area contributed by atoms with Crippen LogP contribution in [-0.4, -0.2) is 19.0 Å². The summed E-state index contributed by atoms with van der Waals surface area (Å²) in [5.41, 5.74) is 3.25. The molecule has 2 aromatic rings. The molecule has 0 spiro atoms. The van der Waals surface area contributed by atoms with Gasteiger partial charge in [-0.2, -0.15) is 0 Å². The maximum absolute atomic E-state index is 11.8. The van der Waals surface area contributed by atoms with Gasteiger partial charge in [-0.1, -0.05) is 112 Å². The van der Waals surface area contributed by atoms with Crippen LogP contribution in [0.4, 0.5) is 0 Å². The Morgan fingerprint density at radius 1 is 0.591 bits per heavy atom. The summed E-state index contributed by atoms with van der Waals surface area (Å²) in [7, 11) is 0. The predicted molar refractivity (Wildman–Crippen MR) is 104 cm³/mol. The van der Waals surface area contributed by atoms with Gasteiger partial charge < -0.3 is 0 Å². The van der Waals surface area contributed by atoms with Crippen LogP contribution in [0.1, 0.15) is 20.7 Å². The van der Waals surface area contributed by atoms with Crippen LogP contribution in [0.5, 0.6) is 0 Å². The van der Waals surface area contributed by atoms with Crippen molar-refractivity contribution < 1.29 is 9.59 Å². The highest BCUT2D eigenvalue weighted by atomic mass is 79.9. The minimum Gasteiger partial charge on any atom is -0.292 e. The molecule has 0 heterocycles. The van der Waals surface area contributed by atoms with Crippen LogP contribution >= 0.6 is 63.7 Å². The number of alkyl halides is 4. The van der Waals surface area contributed by atoms with Crippen LogP contribution in [0, 0.1) is 0 Å². The number of hydrogen-bond donors (Lipinski definition) is 0. The molecule has 0 aliphatic rings. The summed E-state index contributed by atoms with van der Waals surface area (Å²) < 4.78 is -0.754. The zero-order valence-electron chi connectivity index (χ0n) is 11.1. The van der Waals surface area contributed by atoms with E-state index in [9.17, 15) is 9.59 Å². The third kappa shape index (κ3) is 4.37. The Labute approximate surface area is 162 Å². The molecule has 0 saturated carbocycles. The molecule has 0 saturated heterocycles. The molecule has 0 aliphatic heterocycles. The molecule has 0 amide bonds. The summed E-state index contributed by atoms with van der Waals surface area (Å²) in [6, 6.07) is 14.7. The number of hydrogen-bond acceptors (Lipinski definition) is 2. The highest BCUT2D eigenvalue weighted by molar-refractivity contribution is 9.25. The maximum Gasteiger partial charge on any atom is 0.187 e. The number of ketones is 2. The van der Waals surface area contributed by atoms with Gasteiger partial charge in [0.1, 0.15) is 7.47 Å². The SMILES string of the molecule is O=C(c1ccc(-c2ccc(C(=O)C(Br)Br)cc2)cc1)C(Br)Br. The molecule has 0 fully saturated rings. The van der Waals surface area contributed by atoms with Gasteiger partial charge in [-0.05, 0) is 11.1 Å². The first kappa shape index (κ1) is 18.0. The third-order valence-electron chi connectivity index (χ3n) is 3.07. The fourth-order valence-corrected chi connectivity index (χ4v) is 2.96. The van der Waals surface area contributed by atoms with Gasteiger partial charge in [0, 0.05) is 11.1 Å². The van der Waals surface area contributed by atoms with Crippen LogP contribution in [-0.2, 0) is 0 Å². The van der Waals surface area contributed by atoms with Crippen molar-refractivity contribution in [3.05, 3.63) is 59.7 Å². The molecular weight excluding hydrogens is 544 g/mol. The quantitative estimate of drug-likeness (QED) is 0.339. The van der Waals surface area contributed by atoms with Gasteiger partial charge in [-0.15, -0.1) is 0 Å². The van der Waals surface area contributed by atoms with Gasteiger partial charge in [-0.25, -0.2) is 0 Å². The smallest absolute Gasteiger partial charge is 0.187 e. The second kappa shape index (κ2) is 7.99. The number of carbonyl (C=O) groups is 2. The van der Waals surface area contributed by atoms with Crippen molar-refractivity contribution in [2.75, 3.05) is 0 Å². The van der Waals surface area contributed by atoms with Crippen molar-refractivity contribution >= 4 is 75.3 Å². The molecule has 2 nitrogen and oxygen atoms in total. The highest BCUT2D eigenvalue weighted by Crippen LogP contribution is 2.24. The number of Topliss-reactive ketones (excluding diaryl/α,β-unsaturated/α-hetero) is 2. The van der Waals surface area contributed by atoms with Crippen LogP contribution in [0.25, 0.3) is 11.1 Å². The standard InChI is InChI=1S/C16H10Br4O2/c17-15(18)13(21)11-5-1-9(2-6-11)10-3-7-12(8-4-10)14(22)16(19)20/h1-8,15-16H. The van der Waals surface area contributed by atoms with Crippen molar-refractivity contribution in [1.82, 2.24) is 0 Å². The van der Waals surface area contributed by atoms with Crippen molar-refractivity contribution in [1.29, 1.82) is 0 Å². The number of carbonyl (C=O) groups excluding carboxylic acids is 2. The second-order valence-corrected chi connectivity index (χ2v) is 10.6. The maximum atomic E-state index is 11.8. The lowest BCUT2D eigenvalue weighted by Gasteiger charge is -2.06. The Hall–Kier alpha value is -0.300. The van der Waals surface area contributed by atoms with Crippen molar-refractivity contribution in [2.24, 2.45) is 0 Å². The highest BCUT2D eigenvalue weighted by Gasteiger charge is 2.14. The van der Waals surface area contributed by atoms with E-state index >= 15 is 0 Å². The molecule has 2 aromatic carbocycles. The molecule has 0 atom stereocenters. The molecule has 0 aromatic heterocycles. The number of rotatable bonds is 5. The van der Waals surface area contributed by atoms with Gasteiger partial charge in [0.05, 0.1) is 0 Å². The van der Waals surface area contributed by atoms with Crippen LogP contribution in [0.3, 0.4) is 0 Å². The lowest BCUT2D eigenvalue weighted by molar-refractivity contribution is 0.100. The fourth-order valence-electron chi connectivity index (χ4n) is 1.91. The average molecular weight is 554 g/mol. The average Bonchev–Trinajstić information content (AvgIpc) is 2.53. The van der Waals surface area contributed by atoms with E-state index in [0.29, 0.717) is 11.1 Å². The van der Waals surface area contributed by atoms with Crippen molar-refractivity contribution in [3.63, 3.8) is 0 Å². The monoisotopic (exact) mass is 550 g/mol. The fraction of sp³-hybridized carbons (Fsp3) is 0.125. The molecular formula is C16H10Br4O2. The van der Waals surface area contributed by atoms with Crippen LogP contribution in [0.2, 0.25) is 0 Å². The lowest BCUT2D eigenvalue weighted by Crippen LogP contribution is -2.07. The zero-order valence-corrected chi connectivity index (χ0v) is 17.4. The van der Waals surface area contributed by atoms with E-state index in [-0.39, 0.29) is 19.0 Å². The largest absolute Gasteiger partial charge is 0.292 e. The Balaban J connectivity index is 2.22. The first-order valence-corrected chi connectivity index (χ1v) is 9.91. The van der Waals surface area contributed by atoms with Gasteiger partial charge >= 0.3 is 0 Å². The number of halogens is 4. The third-order valence-corrected chi connectivity index (χ3v) is 4.73.